The summed E-state index contributed by atoms with van der Waals surface area (Å²) >= 11 is 5.78. The summed E-state index contributed by atoms with van der Waals surface area (Å²) in [4.78, 5) is 14.2. The second-order valence-corrected chi connectivity index (χ2v) is 8.67. The summed E-state index contributed by atoms with van der Waals surface area (Å²) in [5, 5.41) is 0.463. The lowest BCUT2D eigenvalue weighted by atomic mass is 9.89. The molecule has 0 unspecified atom stereocenters. The average Bonchev–Trinajstić information content (AvgIpc) is 2.55. The monoisotopic (exact) mass is 372 g/mol. The van der Waals surface area contributed by atoms with Gasteiger partial charge in [-0.05, 0) is 49.9 Å². The number of hydrogen-bond acceptors (Lipinski definition) is 3. The predicted octanol–water partition coefficient (Wildman–Crippen LogP) is 3.05. The van der Waals surface area contributed by atoms with Crippen LogP contribution >= 0.6 is 11.6 Å². The summed E-state index contributed by atoms with van der Waals surface area (Å²) in [7, 11) is -2.00. The molecule has 1 aromatic carbocycles. The van der Waals surface area contributed by atoms with E-state index in [0.29, 0.717) is 17.5 Å². The van der Waals surface area contributed by atoms with Crippen molar-refractivity contribution in [1.29, 1.82) is 0 Å². The van der Waals surface area contributed by atoms with Crippen molar-refractivity contribution >= 4 is 27.5 Å². The van der Waals surface area contributed by atoms with Crippen LogP contribution in [0.5, 0.6) is 0 Å². The molecule has 1 aliphatic carbocycles. The van der Waals surface area contributed by atoms with Gasteiger partial charge in [-0.3, -0.25) is 4.79 Å². The number of nitrogens with zero attached hydrogens (tertiary/aromatic N) is 1. The first kappa shape index (κ1) is 19.2. The molecule has 2 rings (SSSR count). The van der Waals surface area contributed by atoms with Gasteiger partial charge in [-0.25, -0.2) is 8.42 Å². The average molecular weight is 373 g/mol. The van der Waals surface area contributed by atoms with E-state index in [4.69, 9.17) is 11.6 Å². The van der Waals surface area contributed by atoms with Crippen molar-refractivity contribution in [2.75, 3.05) is 13.6 Å². The third-order valence-electron chi connectivity index (χ3n) is 4.46. The van der Waals surface area contributed by atoms with Gasteiger partial charge in [0.05, 0.1) is 10.9 Å². The highest BCUT2D eigenvalue weighted by Crippen LogP contribution is 2.24. The van der Waals surface area contributed by atoms with Crippen LogP contribution in [0.1, 0.15) is 39.0 Å². The molecule has 0 bridgehead atoms. The second-order valence-electron chi connectivity index (χ2n) is 6.52. The summed E-state index contributed by atoms with van der Waals surface area (Å²) in [6.45, 7) is 2.26. The van der Waals surface area contributed by atoms with E-state index in [2.05, 4.69) is 4.72 Å². The lowest BCUT2D eigenvalue weighted by molar-refractivity contribution is -0.132. The largest absolute Gasteiger partial charge is 0.344 e. The quantitative estimate of drug-likeness (QED) is 0.834. The van der Waals surface area contributed by atoms with E-state index in [1.54, 1.807) is 18.9 Å². The highest BCUT2D eigenvalue weighted by Gasteiger charge is 2.26. The normalized spacial score (nSPS) is 17.5. The Balaban J connectivity index is 1.95. The number of rotatable bonds is 6. The summed E-state index contributed by atoms with van der Waals surface area (Å²) in [5.74, 6) is 0.311. The summed E-state index contributed by atoms with van der Waals surface area (Å²) in [5.41, 5.74) is 0. The molecule has 1 aliphatic rings. The fraction of sp³-hybridized carbons (Fsp3) is 0.588. The maximum absolute atomic E-state index is 12.5. The predicted molar refractivity (Wildman–Crippen MR) is 95.4 cm³/mol. The first-order valence-electron chi connectivity index (χ1n) is 8.32. The third kappa shape index (κ3) is 5.19. The molecule has 1 atom stereocenters. The van der Waals surface area contributed by atoms with Crippen LogP contribution < -0.4 is 4.72 Å². The molecule has 24 heavy (non-hydrogen) atoms. The number of amides is 1. The number of carbonyl (C=O) groups excluding carboxylic acids is 1. The van der Waals surface area contributed by atoms with Gasteiger partial charge >= 0.3 is 0 Å². The molecular formula is C17H25ClN2O3S. The number of benzene rings is 1. The number of hydrogen-bond donors (Lipinski definition) is 1. The Morgan fingerprint density at radius 3 is 2.42 bits per heavy atom. The summed E-state index contributed by atoms with van der Waals surface area (Å²) < 4.78 is 27.1. The van der Waals surface area contributed by atoms with Crippen LogP contribution in [0.25, 0.3) is 0 Å². The van der Waals surface area contributed by atoms with E-state index in [1.807, 2.05) is 0 Å². The van der Waals surface area contributed by atoms with Crippen molar-refractivity contribution in [3.63, 3.8) is 0 Å². The van der Waals surface area contributed by atoms with E-state index in [-0.39, 0.29) is 10.8 Å². The van der Waals surface area contributed by atoms with E-state index in [9.17, 15) is 13.2 Å². The number of sulfonamides is 1. The van der Waals surface area contributed by atoms with Gasteiger partial charge in [-0.1, -0.05) is 30.9 Å². The van der Waals surface area contributed by atoms with Crippen LogP contribution in [0.15, 0.2) is 29.2 Å². The molecule has 7 heteroatoms. The minimum atomic E-state index is -3.74. The Bertz CT molecular complexity index is 655. The molecule has 5 nitrogen and oxygen atoms in total. The highest BCUT2D eigenvalue weighted by molar-refractivity contribution is 7.89. The Morgan fingerprint density at radius 2 is 1.83 bits per heavy atom. The van der Waals surface area contributed by atoms with Crippen LogP contribution in [0.3, 0.4) is 0 Å². The first-order valence-corrected chi connectivity index (χ1v) is 10.2. The fourth-order valence-corrected chi connectivity index (χ4v) is 4.47. The van der Waals surface area contributed by atoms with Crippen molar-refractivity contribution in [3.05, 3.63) is 29.3 Å². The van der Waals surface area contributed by atoms with Crippen molar-refractivity contribution in [1.82, 2.24) is 9.62 Å². The van der Waals surface area contributed by atoms with Crippen molar-refractivity contribution in [3.8, 4) is 0 Å². The van der Waals surface area contributed by atoms with Crippen LogP contribution in [0.2, 0.25) is 5.02 Å². The second kappa shape index (κ2) is 8.32. The Hall–Kier alpha value is -1.11. The Labute approximate surface area is 149 Å². The molecule has 0 aliphatic heterocycles. The molecule has 1 fully saturated rings. The van der Waals surface area contributed by atoms with Crippen LogP contribution in [0, 0.1) is 5.92 Å². The molecule has 0 radical (unpaired) electrons. The smallest absolute Gasteiger partial charge is 0.241 e. The number of likely N-dealkylation sites (N-methyl/N-ethyl adjacent to an activating group) is 1. The Kier molecular flexibility index (Phi) is 6.66. The Morgan fingerprint density at radius 1 is 1.25 bits per heavy atom. The molecule has 134 valence electrons. The van der Waals surface area contributed by atoms with E-state index in [1.165, 1.54) is 43.5 Å². The number of nitrogens with one attached hydrogen (secondary N) is 1. The van der Waals surface area contributed by atoms with Gasteiger partial charge in [-0.2, -0.15) is 4.72 Å². The lowest BCUT2D eigenvalue weighted by Gasteiger charge is -2.28. The molecule has 1 saturated carbocycles. The molecule has 0 saturated heterocycles. The van der Waals surface area contributed by atoms with Gasteiger partial charge in [0.15, 0.2) is 0 Å². The summed E-state index contributed by atoms with van der Waals surface area (Å²) in [6.07, 6.45) is 5.98. The minimum Gasteiger partial charge on any atom is -0.344 e. The molecule has 1 N–H and O–H groups in total. The van der Waals surface area contributed by atoms with Gasteiger partial charge in [-0.15, -0.1) is 0 Å². The van der Waals surface area contributed by atoms with Gasteiger partial charge in [0.1, 0.15) is 0 Å². The van der Waals surface area contributed by atoms with Gasteiger partial charge in [0.25, 0.3) is 0 Å². The van der Waals surface area contributed by atoms with Crippen LogP contribution in [-0.4, -0.2) is 38.9 Å². The van der Waals surface area contributed by atoms with Crippen LogP contribution in [0.4, 0.5) is 0 Å². The molecule has 0 aromatic heterocycles. The van der Waals surface area contributed by atoms with E-state index >= 15 is 0 Å². The van der Waals surface area contributed by atoms with Gasteiger partial charge in [0, 0.05) is 18.6 Å². The molecule has 1 amide bonds. The maximum atomic E-state index is 12.5. The zero-order valence-electron chi connectivity index (χ0n) is 14.2. The van der Waals surface area contributed by atoms with E-state index in [0.717, 1.165) is 12.8 Å². The molecular weight excluding hydrogens is 348 g/mol. The SMILES string of the molecule is C[C@H](NS(=O)(=O)c1ccc(Cl)cc1)C(=O)N(C)CC1CCCCC1. The zero-order chi connectivity index (χ0) is 17.7. The lowest BCUT2D eigenvalue weighted by Crippen LogP contribution is -2.46. The summed E-state index contributed by atoms with van der Waals surface area (Å²) in [6, 6.07) is 5.07. The fourth-order valence-electron chi connectivity index (χ4n) is 3.14. The van der Waals surface area contributed by atoms with Gasteiger partial charge in [0.2, 0.25) is 15.9 Å². The molecule has 0 heterocycles. The molecule has 1 aromatic rings. The van der Waals surface area contributed by atoms with Crippen LogP contribution in [-0.2, 0) is 14.8 Å². The standard InChI is InChI=1S/C17H25ClN2O3S/c1-13(17(21)20(2)12-14-6-4-3-5-7-14)19-24(22,23)16-10-8-15(18)9-11-16/h8-11,13-14,19H,3-7,12H2,1-2H3/t13-/m0/s1. The van der Waals surface area contributed by atoms with Crippen molar-refractivity contribution < 1.29 is 13.2 Å². The van der Waals surface area contributed by atoms with E-state index < -0.39 is 16.1 Å². The third-order valence-corrected chi connectivity index (χ3v) is 6.27. The molecule has 0 spiro atoms. The van der Waals surface area contributed by atoms with Crippen molar-refractivity contribution in [2.24, 2.45) is 5.92 Å². The van der Waals surface area contributed by atoms with Crippen molar-refractivity contribution in [2.45, 2.75) is 50.0 Å². The van der Waals surface area contributed by atoms with Gasteiger partial charge < -0.3 is 4.90 Å². The number of carbonyl (C=O) groups is 1. The zero-order valence-corrected chi connectivity index (χ0v) is 15.7. The number of halogens is 1. The first-order chi connectivity index (χ1) is 11.3. The minimum absolute atomic E-state index is 0.0986. The topological polar surface area (TPSA) is 66.5 Å². The highest BCUT2D eigenvalue weighted by atomic mass is 35.5. The maximum Gasteiger partial charge on any atom is 0.241 e.